The number of sulfone groups is 1. The molecule has 2 aromatic carbocycles. The number of aromatic hydroxyl groups is 1. The quantitative estimate of drug-likeness (QED) is 0.711. The maximum Gasteiger partial charge on any atom is 0.295 e. The number of hydrogen-bond acceptors (Lipinski definition) is 5. The summed E-state index contributed by atoms with van der Waals surface area (Å²) in [6.07, 6.45) is 1.09. The number of amides is 1. The Morgan fingerprint density at radius 2 is 1.75 bits per heavy atom. The van der Waals surface area contributed by atoms with Crippen molar-refractivity contribution in [2.24, 2.45) is 10.2 Å². The van der Waals surface area contributed by atoms with Crippen molar-refractivity contribution in [3.63, 3.8) is 0 Å². The molecular formula is C16H13N3O4S. The minimum Gasteiger partial charge on any atom is -0.493 e. The van der Waals surface area contributed by atoms with Gasteiger partial charge in [-0.25, -0.2) is 8.42 Å². The molecule has 8 heteroatoms. The molecule has 0 saturated heterocycles. The first kappa shape index (κ1) is 15.9. The standard InChI is InChI=1S/C16H13N3O4S/c1-24(22,23)11-8-6-10(7-9-11)15(20)19-18-14-12-4-2-3-5-13(12)17-16(14)21/h2-9,17,21H,1H3. The molecule has 0 radical (unpaired) electrons. The Labute approximate surface area is 137 Å². The van der Waals surface area contributed by atoms with Crippen LogP contribution in [0.2, 0.25) is 0 Å². The summed E-state index contributed by atoms with van der Waals surface area (Å²) in [5, 5.41) is 17.9. The average Bonchev–Trinajstić information content (AvgIpc) is 2.87. The largest absolute Gasteiger partial charge is 0.493 e. The number of benzene rings is 2. The van der Waals surface area contributed by atoms with Crippen LogP contribution in [-0.4, -0.2) is 30.7 Å². The number of fused-ring (bicyclic) bond motifs is 1. The van der Waals surface area contributed by atoms with Crippen LogP contribution in [0.4, 0.5) is 5.69 Å². The van der Waals surface area contributed by atoms with Crippen LogP contribution in [0.25, 0.3) is 10.9 Å². The summed E-state index contributed by atoms with van der Waals surface area (Å²) < 4.78 is 22.8. The van der Waals surface area contributed by atoms with Crippen molar-refractivity contribution in [2.75, 3.05) is 6.26 Å². The molecule has 7 nitrogen and oxygen atoms in total. The number of hydrogen-bond donors (Lipinski definition) is 2. The van der Waals surface area contributed by atoms with E-state index in [9.17, 15) is 18.3 Å². The van der Waals surface area contributed by atoms with Crippen molar-refractivity contribution in [1.29, 1.82) is 0 Å². The Kier molecular flexibility index (Phi) is 3.90. The molecule has 122 valence electrons. The molecule has 0 aliphatic heterocycles. The molecule has 0 atom stereocenters. The number of carbonyl (C=O) groups excluding carboxylic acids is 1. The SMILES string of the molecule is CS(=O)(=O)c1ccc(C(=O)N=Nc2c(O)[nH]c3ccccc23)cc1. The number of azo groups is 1. The van der Waals surface area contributed by atoms with Crippen LogP contribution in [0.5, 0.6) is 5.88 Å². The Balaban J connectivity index is 1.88. The van der Waals surface area contributed by atoms with Gasteiger partial charge in [0.05, 0.1) is 10.4 Å². The van der Waals surface area contributed by atoms with Crippen molar-refractivity contribution >= 4 is 32.3 Å². The van der Waals surface area contributed by atoms with Crippen LogP contribution < -0.4 is 0 Å². The number of nitrogens with zero attached hydrogens (tertiary/aromatic N) is 2. The van der Waals surface area contributed by atoms with E-state index in [1.807, 2.05) is 0 Å². The lowest BCUT2D eigenvalue weighted by Gasteiger charge is -1.99. The van der Waals surface area contributed by atoms with E-state index < -0.39 is 15.7 Å². The zero-order chi connectivity index (χ0) is 17.3. The topological polar surface area (TPSA) is 112 Å². The van der Waals surface area contributed by atoms with Gasteiger partial charge in [-0.1, -0.05) is 18.2 Å². The monoisotopic (exact) mass is 343 g/mol. The van der Waals surface area contributed by atoms with Crippen LogP contribution in [0.15, 0.2) is 63.7 Å². The highest BCUT2D eigenvalue weighted by atomic mass is 32.2. The van der Waals surface area contributed by atoms with Gasteiger partial charge >= 0.3 is 0 Å². The Morgan fingerprint density at radius 3 is 2.42 bits per heavy atom. The van der Waals surface area contributed by atoms with E-state index in [1.165, 1.54) is 24.3 Å². The first-order valence-electron chi connectivity index (χ1n) is 6.92. The van der Waals surface area contributed by atoms with E-state index in [1.54, 1.807) is 24.3 Å². The second kappa shape index (κ2) is 5.89. The summed E-state index contributed by atoms with van der Waals surface area (Å²) in [6, 6.07) is 12.5. The minimum atomic E-state index is -3.33. The molecule has 0 unspecified atom stereocenters. The highest BCUT2D eigenvalue weighted by molar-refractivity contribution is 7.90. The molecule has 1 amide bonds. The second-order valence-corrected chi connectivity index (χ2v) is 7.19. The summed E-state index contributed by atoms with van der Waals surface area (Å²) in [4.78, 5) is 14.9. The fourth-order valence-electron chi connectivity index (χ4n) is 2.21. The molecule has 3 rings (SSSR count). The first-order valence-corrected chi connectivity index (χ1v) is 8.81. The van der Waals surface area contributed by atoms with Crippen LogP contribution >= 0.6 is 0 Å². The molecule has 0 fully saturated rings. The third kappa shape index (κ3) is 3.04. The fraction of sp³-hybridized carbons (Fsp3) is 0.0625. The van der Waals surface area contributed by atoms with Gasteiger partial charge in [0.1, 0.15) is 0 Å². The zero-order valence-corrected chi connectivity index (χ0v) is 13.4. The van der Waals surface area contributed by atoms with Crippen molar-refractivity contribution in [1.82, 2.24) is 4.98 Å². The lowest BCUT2D eigenvalue weighted by Crippen LogP contribution is -1.99. The van der Waals surface area contributed by atoms with Gasteiger partial charge < -0.3 is 10.1 Å². The minimum absolute atomic E-state index is 0.116. The van der Waals surface area contributed by atoms with Gasteiger partial charge in [-0.05, 0) is 30.3 Å². The molecule has 1 heterocycles. The Bertz CT molecular complexity index is 1050. The third-order valence-electron chi connectivity index (χ3n) is 3.43. The van der Waals surface area contributed by atoms with Gasteiger partial charge in [-0.15, -0.1) is 10.2 Å². The number of aromatic amines is 1. The van der Waals surface area contributed by atoms with Crippen molar-refractivity contribution < 1.29 is 18.3 Å². The number of aromatic nitrogens is 1. The number of para-hydroxylation sites is 1. The molecule has 0 aliphatic rings. The molecule has 24 heavy (non-hydrogen) atoms. The molecule has 2 N–H and O–H groups in total. The summed E-state index contributed by atoms with van der Waals surface area (Å²) >= 11 is 0. The third-order valence-corrected chi connectivity index (χ3v) is 4.56. The van der Waals surface area contributed by atoms with Crippen LogP contribution in [-0.2, 0) is 9.84 Å². The second-order valence-electron chi connectivity index (χ2n) is 5.17. The lowest BCUT2D eigenvalue weighted by atomic mass is 10.2. The molecule has 0 saturated carbocycles. The van der Waals surface area contributed by atoms with Crippen molar-refractivity contribution in [3.05, 3.63) is 54.1 Å². The van der Waals surface area contributed by atoms with Crippen molar-refractivity contribution in [2.45, 2.75) is 4.90 Å². The predicted molar refractivity (Wildman–Crippen MR) is 88.4 cm³/mol. The highest BCUT2D eigenvalue weighted by Gasteiger charge is 2.12. The summed E-state index contributed by atoms with van der Waals surface area (Å²) in [7, 11) is -3.33. The summed E-state index contributed by atoms with van der Waals surface area (Å²) in [5.74, 6) is -0.820. The smallest absolute Gasteiger partial charge is 0.295 e. The summed E-state index contributed by atoms with van der Waals surface area (Å²) in [6.45, 7) is 0. The van der Waals surface area contributed by atoms with Gasteiger partial charge in [0.15, 0.2) is 15.5 Å². The van der Waals surface area contributed by atoms with Crippen LogP contribution in [0, 0.1) is 0 Å². The van der Waals surface area contributed by atoms with E-state index in [0.29, 0.717) is 10.9 Å². The zero-order valence-electron chi connectivity index (χ0n) is 12.6. The highest BCUT2D eigenvalue weighted by Crippen LogP contribution is 2.35. The van der Waals surface area contributed by atoms with E-state index >= 15 is 0 Å². The Morgan fingerprint density at radius 1 is 1.08 bits per heavy atom. The number of H-pyrrole nitrogens is 1. The van der Waals surface area contributed by atoms with Gasteiger partial charge in [0.25, 0.3) is 5.91 Å². The molecular weight excluding hydrogens is 330 g/mol. The molecule has 0 bridgehead atoms. The Hall–Kier alpha value is -3.00. The molecule has 0 aliphatic carbocycles. The average molecular weight is 343 g/mol. The number of rotatable bonds is 3. The van der Waals surface area contributed by atoms with E-state index in [-0.39, 0.29) is 22.0 Å². The fourth-order valence-corrected chi connectivity index (χ4v) is 2.84. The predicted octanol–water partition coefficient (Wildman–Crippen LogP) is 3.20. The first-order chi connectivity index (χ1) is 11.4. The van der Waals surface area contributed by atoms with E-state index in [4.69, 9.17) is 0 Å². The number of carbonyl (C=O) groups is 1. The van der Waals surface area contributed by atoms with Gasteiger partial charge in [0, 0.05) is 17.2 Å². The maximum atomic E-state index is 12.0. The normalized spacial score (nSPS) is 12.0. The molecule has 1 aromatic heterocycles. The van der Waals surface area contributed by atoms with Crippen molar-refractivity contribution in [3.8, 4) is 5.88 Å². The van der Waals surface area contributed by atoms with Gasteiger partial charge in [-0.2, -0.15) is 0 Å². The molecule has 0 spiro atoms. The molecule has 3 aromatic rings. The maximum absolute atomic E-state index is 12.0. The van der Waals surface area contributed by atoms with E-state index in [0.717, 1.165) is 6.26 Å². The van der Waals surface area contributed by atoms with Crippen LogP contribution in [0.1, 0.15) is 10.4 Å². The lowest BCUT2D eigenvalue weighted by molar-refractivity contribution is 0.0995. The van der Waals surface area contributed by atoms with E-state index in [2.05, 4.69) is 15.2 Å². The van der Waals surface area contributed by atoms with Gasteiger partial charge in [0.2, 0.25) is 5.88 Å². The summed E-state index contributed by atoms with van der Waals surface area (Å²) in [5.41, 5.74) is 1.05. The number of nitrogens with one attached hydrogen (secondary N) is 1. The van der Waals surface area contributed by atoms with Gasteiger partial charge in [-0.3, -0.25) is 4.79 Å². The van der Waals surface area contributed by atoms with Crippen LogP contribution in [0.3, 0.4) is 0 Å².